The maximum Gasteiger partial charge on any atom is 0.272 e. The normalized spacial score (nSPS) is 21.6. The lowest BCUT2D eigenvalue weighted by atomic mass is 9.87. The van der Waals surface area contributed by atoms with Crippen LogP contribution in [-0.2, 0) is 9.53 Å². The number of piperidine rings is 1. The average Bonchev–Trinajstić information content (AvgIpc) is 2.53. The van der Waals surface area contributed by atoms with Gasteiger partial charge < -0.3 is 15.4 Å². The van der Waals surface area contributed by atoms with Gasteiger partial charge in [-0.15, -0.1) is 0 Å². The van der Waals surface area contributed by atoms with Crippen molar-refractivity contribution in [3.05, 3.63) is 29.6 Å². The number of likely N-dealkylation sites (tertiary alicyclic amines) is 1. The Morgan fingerprint density at radius 3 is 2.82 bits per heavy atom. The molecule has 0 aliphatic carbocycles. The van der Waals surface area contributed by atoms with Gasteiger partial charge in [0.2, 0.25) is 5.91 Å². The Labute approximate surface area is 130 Å². The first-order chi connectivity index (χ1) is 10.5. The number of pyridine rings is 1. The van der Waals surface area contributed by atoms with E-state index >= 15 is 0 Å². The molecule has 1 aliphatic heterocycles. The maximum absolute atomic E-state index is 12.6. The first-order valence-electron chi connectivity index (χ1n) is 7.51. The van der Waals surface area contributed by atoms with Gasteiger partial charge in [0.15, 0.2) is 0 Å². The molecular weight excluding hydrogens is 282 g/mol. The van der Waals surface area contributed by atoms with Crippen molar-refractivity contribution in [2.24, 2.45) is 5.73 Å². The third-order valence-electron chi connectivity index (χ3n) is 4.22. The molecule has 6 nitrogen and oxygen atoms in total. The number of carbonyl (C=O) groups excluding carboxylic acids is 2. The molecule has 2 N–H and O–H groups in total. The summed E-state index contributed by atoms with van der Waals surface area (Å²) in [5.41, 5.74) is 6.20. The highest BCUT2D eigenvalue weighted by molar-refractivity contribution is 5.92. The van der Waals surface area contributed by atoms with Gasteiger partial charge in [-0.1, -0.05) is 6.07 Å². The van der Waals surface area contributed by atoms with Crippen LogP contribution in [0.1, 0.15) is 41.7 Å². The van der Waals surface area contributed by atoms with Crippen molar-refractivity contribution in [3.8, 4) is 0 Å². The second-order valence-electron chi connectivity index (χ2n) is 5.90. The Kier molecular flexibility index (Phi) is 5.13. The van der Waals surface area contributed by atoms with Crippen LogP contribution in [0.3, 0.4) is 0 Å². The smallest absolute Gasteiger partial charge is 0.272 e. The molecule has 22 heavy (non-hydrogen) atoms. The molecule has 1 fully saturated rings. The van der Waals surface area contributed by atoms with E-state index in [4.69, 9.17) is 10.5 Å². The van der Waals surface area contributed by atoms with Crippen LogP contribution in [0.5, 0.6) is 0 Å². The molecule has 0 unspecified atom stereocenters. The highest BCUT2D eigenvalue weighted by Crippen LogP contribution is 2.29. The van der Waals surface area contributed by atoms with E-state index in [0.717, 1.165) is 18.4 Å². The molecule has 0 bridgehead atoms. The van der Waals surface area contributed by atoms with Crippen molar-refractivity contribution in [3.63, 3.8) is 0 Å². The van der Waals surface area contributed by atoms with Crippen molar-refractivity contribution in [1.29, 1.82) is 0 Å². The van der Waals surface area contributed by atoms with Crippen LogP contribution >= 0.6 is 0 Å². The van der Waals surface area contributed by atoms with E-state index in [9.17, 15) is 9.59 Å². The predicted octanol–water partition coefficient (Wildman–Crippen LogP) is 1.28. The van der Waals surface area contributed by atoms with Gasteiger partial charge in [-0.05, 0) is 37.8 Å². The van der Waals surface area contributed by atoms with Crippen molar-refractivity contribution >= 4 is 11.8 Å². The highest BCUT2D eigenvalue weighted by Gasteiger charge is 2.37. The monoisotopic (exact) mass is 305 g/mol. The Bertz CT molecular complexity index is 544. The van der Waals surface area contributed by atoms with Gasteiger partial charge in [0.25, 0.3) is 5.91 Å². The standard InChI is InChI=1S/C16H23N3O3/c1-12-4-5-13(18-10-12)15(21)19-9-3-7-16(11-19,22-2)8-6-14(17)20/h4-5,10H,3,6-9,11H2,1-2H3,(H2,17,20)/t16-/m0/s1. The van der Waals surface area contributed by atoms with Crippen LogP contribution in [0.4, 0.5) is 0 Å². The van der Waals surface area contributed by atoms with E-state index in [-0.39, 0.29) is 18.2 Å². The van der Waals surface area contributed by atoms with E-state index < -0.39 is 5.60 Å². The van der Waals surface area contributed by atoms with Gasteiger partial charge in [0, 0.05) is 26.3 Å². The molecule has 2 amide bonds. The molecule has 1 atom stereocenters. The molecule has 0 saturated carbocycles. The summed E-state index contributed by atoms with van der Waals surface area (Å²) in [6, 6.07) is 3.62. The third-order valence-corrected chi connectivity index (χ3v) is 4.22. The largest absolute Gasteiger partial charge is 0.376 e. The zero-order valence-corrected chi connectivity index (χ0v) is 13.2. The summed E-state index contributed by atoms with van der Waals surface area (Å²) < 4.78 is 5.64. The molecule has 0 radical (unpaired) electrons. The van der Waals surface area contributed by atoms with E-state index in [1.54, 1.807) is 24.3 Å². The highest BCUT2D eigenvalue weighted by atomic mass is 16.5. The molecule has 1 saturated heterocycles. The topological polar surface area (TPSA) is 85.5 Å². The number of nitrogens with zero attached hydrogens (tertiary/aromatic N) is 2. The van der Waals surface area contributed by atoms with Crippen LogP contribution in [0.2, 0.25) is 0 Å². The average molecular weight is 305 g/mol. The summed E-state index contributed by atoms with van der Waals surface area (Å²) in [7, 11) is 1.62. The van der Waals surface area contributed by atoms with Crippen LogP contribution < -0.4 is 5.73 Å². The first-order valence-corrected chi connectivity index (χ1v) is 7.51. The maximum atomic E-state index is 12.6. The second-order valence-corrected chi connectivity index (χ2v) is 5.90. The number of primary amides is 1. The van der Waals surface area contributed by atoms with Crippen molar-refractivity contribution < 1.29 is 14.3 Å². The molecule has 2 rings (SSSR count). The predicted molar refractivity (Wildman–Crippen MR) is 82.3 cm³/mol. The van der Waals surface area contributed by atoms with E-state index in [1.165, 1.54) is 0 Å². The van der Waals surface area contributed by atoms with E-state index in [0.29, 0.717) is 25.2 Å². The van der Waals surface area contributed by atoms with Gasteiger partial charge in [-0.2, -0.15) is 0 Å². The quantitative estimate of drug-likeness (QED) is 0.888. The van der Waals surface area contributed by atoms with E-state index in [2.05, 4.69) is 4.98 Å². The van der Waals surface area contributed by atoms with Gasteiger partial charge in [0.1, 0.15) is 5.69 Å². The van der Waals surface area contributed by atoms with Crippen molar-refractivity contribution in [2.45, 2.75) is 38.2 Å². The lowest BCUT2D eigenvalue weighted by molar-refractivity contribution is -0.121. The van der Waals surface area contributed by atoms with Gasteiger partial charge in [-0.3, -0.25) is 14.6 Å². The summed E-state index contributed by atoms with van der Waals surface area (Å²) in [5, 5.41) is 0. The molecule has 2 heterocycles. The van der Waals surface area contributed by atoms with Crippen molar-refractivity contribution in [2.75, 3.05) is 20.2 Å². The van der Waals surface area contributed by atoms with Gasteiger partial charge in [-0.25, -0.2) is 0 Å². The Hall–Kier alpha value is -1.95. The van der Waals surface area contributed by atoms with Crippen molar-refractivity contribution in [1.82, 2.24) is 9.88 Å². The van der Waals surface area contributed by atoms with Crippen LogP contribution in [-0.4, -0.2) is 47.5 Å². The second kappa shape index (κ2) is 6.87. The number of nitrogens with two attached hydrogens (primary N) is 1. The number of amides is 2. The zero-order valence-electron chi connectivity index (χ0n) is 13.2. The zero-order chi connectivity index (χ0) is 16.2. The van der Waals surface area contributed by atoms with Gasteiger partial charge >= 0.3 is 0 Å². The van der Waals surface area contributed by atoms with E-state index in [1.807, 2.05) is 13.0 Å². The fourth-order valence-corrected chi connectivity index (χ4v) is 2.85. The fourth-order valence-electron chi connectivity index (χ4n) is 2.85. The summed E-state index contributed by atoms with van der Waals surface area (Å²) >= 11 is 0. The summed E-state index contributed by atoms with van der Waals surface area (Å²) in [6.07, 6.45) is 4.14. The molecular formula is C16H23N3O3. The molecule has 120 valence electrons. The number of ether oxygens (including phenoxy) is 1. The number of aromatic nitrogens is 1. The molecule has 1 aromatic heterocycles. The molecule has 6 heteroatoms. The first kappa shape index (κ1) is 16.4. The molecule has 1 aromatic rings. The minimum absolute atomic E-state index is 0.0970. The minimum Gasteiger partial charge on any atom is -0.376 e. The number of hydrogen-bond acceptors (Lipinski definition) is 4. The van der Waals surface area contributed by atoms with Gasteiger partial charge in [0.05, 0.1) is 12.1 Å². The number of carbonyl (C=O) groups is 2. The van der Waals surface area contributed by atoms with Crippen LogP contribution in [0.25, 0.3) is 0 Å². The lowest BCUT2D eigenvalue weighted by Crippen LogP contribution is -2.51. The fraction of sp³-hybridized carbons (Fsp3) is 0.562. The van der Waals surface area contributed by atoms with Crippen LogP contribution in [0.15, 0.2) is 18.3 Å². The number of rotatable bonds is 5. The lowest BCUT2D eigenvalue weighted by Gasteiger charge is -2.41. The number of hydrogen-bond donors (Lipinski definition) is 1. The molecule has 1 aliphatic rings. The Balaban J connectivity index is 2.09. The van der Waals surface area contributed by atoms with Crippen LogP contribution in [0, 0.1) is 6.92 Å². The Morgan fingerprint density at radius 2 is 2.23 bits per heavy atom. The minimum atomic E-state index is -0.492. The molecule has 0 aromatic carbocycles. The SMILES string of the molecule is CO[C@]1(CCC(N)=O)CCCN(C(=O)c2ccc(C)cn2)C1. The number of methoxy groups -OCH3 is 1. The summed E-state index contributed by atoms with van der Waals surface area (Å²) in [6.45, 7) is 3.07. The number of aryl methyl sites for hydroxylation is 1. The summed E-state index contributed by atoms with van der Waals surface area (Å²) in [4.78, 5) is 29.6. The Morgan fingerprint density at radius 1 is 1.45 bits per heavy atom. The third kappa shape index (κ3) is 3.82. The summed E-state index contributed by atoms with van der Waals surface area (Å²) in [5.74, 6) is -0.444. The molecule has 0 spiro atoms.